The number of rotatable bonds is 5. The number of thioether (sulfide) groups is 1. The van der Waals surface area contributed by atoms with Crippen molar-refractivity contribution in [2.45, 2.75) is 49.5 Å². The Labute approximate surface area is 142 Å². The predicted octanol–water partition coefficient (Wildman–Crippen LogP) is 4.70. The number of hydrogen-bond acceptors (Lipinski definition) is 2. The summed E-state index contributed by atoms with van der Waals surface area (Å²) in [6.07, 6.45) is 10.2. The standard InChI is InChI=1S/C19H25N3S/c1-2-7-15(6-1)22-12-5-10-19(22)20-11-13-23-18-14-21-17-9-4-3-8-16(17)18/h3-4,8-9,14-15,21H,1-2,5-7,10-13H2/b20-19+. The summed E-state index contributed by atoms with van der Waals surface area (Å²) in [5.74, 6) is 2.44. The zero-order chi connectivity index (χ0) is 15.5. The number of nitrogens with one attached hydrogen (secondary N) is 1. The van der Waals surface area contributed by atoms with E-state index in [9.17, 15) is 0 Å². The van der Waals surface area contributed by atoms with Gasteiger partial charge in [0.2, 0.25) is 0 Å². The van der Waals surface area contributed by atoms with Crippen molar-refractivity contribution < 1.29 is 0 Å². The molecule has 2 fully saturated rings. The van der Waals surface area contributed by atoms with Gasteiger partial charge in [-0.2, -0.15) is 0 Å². The Kier molecular flexibility index (Phi) is 4.60. The summed E-state index contributed by atoms with van der Waals surface area (Å²) in [6, 6.07) is 9.31. The lowest BCUT2D eigenvalue weighted by Crippen LogP contribution is -2.34. The average molecular weight is 327 g/mol. The van der Waals surface area contributed by atoms with E-state index in [-0.39, 0.29) is 0 Å². The van der Waals surface area contributed by atoms with Crippen molar-refractivity contribution in [2.75, 3.05) is 18.8 Å². The number of hydrogen-bond donors (Lipinski definition) is 1. The smallest absolute Gasteiger partial charge is 0.0992 e. The molecule has 122 valence electrons. The molecule has 2 heterocycles. The van der Waals surface area contributed by atoms with Crippen LogP contribution < -0.4 is 0 Å². The second-order valence-corrected chi connectivity index (χ2v) is 7.72. The predicted molar refractivity (Wildman–Crippen MR) is 99.5 cm³/mol. The van der Waals surface area contributed by atoms with Crippen molar-refractivity contribution in [3.05, 3.63) is 30.5 Å². The summed E-state index contributed by atoms with van der Waals surface area (Å²) in [7, 11) is 0. The Morgan fingerprint density at radius 1 is 1.17 bits per heavy atom. The summed E-state index contributed by atoms with van der Waals surface area (Å²) >= 11 is 1.92. The van der Waals surface area contributed by atoms with Crippen LogP contribution in [0.3, 0.4) is 0 Å². The Morgan fingerprint density at radius 2 is 2.04 bits per heavy atom. The van der Waals surface area contributed by atoms with Gasteiger partial charge in [0.15, 0.2) is 0 Å². The third-order valence-corrected chi connectivity index (χ3v) is 6.13. The Morgan fingerprint density at radius 3 is 2.96 bits per heavy atom. The van der Waals surface area contributed by atoms with Crippen LogP contribution in [0.1, 0.15) is 38.5 Å². The monoisotopic (exact) mass is 327 g/mol. The van der Waals surface area contributed by atoms with Crippen LogP contribution in [0.2, 0.25) is 0 Å². The SMILES string of the molecule is c1ccc2c(SCC/N=C3\CCCN3C3CCCC3)c[nH]c2c1. The maximum atomic E-state index is 4.94. The van der Waals surface area contributed by atoms with Gasteiger partial charge in [-0.1, -0.05) is 31.0 Å². The van der Waals surface area contributed by atoms with Crippen LogP contribution >= 0.6 is 11.8 Å². The molecule has 1 aromatic heterocycles. The Balaban J connectivity index is 1.34. The first-order valence-corrected chi connectivity index (χ1v) is 9.89. The highest BCUT2D eigenvalue weighted by atomic mass is 32.2. The number of nitrogens with zero attached hydrogens (tertiary/aromatic N) is 2. The van der Waals surface area contributed by atoms with Gasteiger partial charge in [-0.25, -0.2) is 0 Å². The maximum absolute atomic E-state index is 4.94. The molecule has 1 aliphatic heterocycles. The first kappa shape index (κ1) is 15.1. The summed E-state index contributed by atoms with van der Waals surface area (Å²) < 4.78 is 0. The van der Waals surface area contributed by atoms with Crippen molar-refractivity contribution in [2.24, 2.45) is 4.99 Å². The van der Waals surface area contributed by atoms with Crippen molar-refractivity contribution >= 4 is 28.5 Å². The zero-order valence-electron chi connectivity index (χ0n) is 13.6. The van der Waals surface area contributed by atoms with E-state index in [0.717, 1.165) is 18.3 Å². The molecule has 2 aliphatic rings. The van der Waals surface area contributed by atoms with Gasteiger partial charge in [0, 0.05) is 46.8 Å². The van der Waals surface area contributed by atoms with Gasteiger partial charge in [-0.15, -0.1) is 11.8 Å². The highest BCUT2D eigenvalue weighted by Crippen LogP contribution is 2.29. The molecule has 0 unspecified atom stereocenters. The fraction of sp³-hybridized carbons (Fsp3) is 0.526. The van der Waals surface area contributed by atoms with E-state index < -0.39 is 0 Å². The number of aliphatic imine (C=N–C) groups is 1. The summed E-state index contributed by atoms with van der Waals surface area (Å²) in [6.45, 7) is 2.17. The van der Waals surface area contributed by atoms with Crippen LogP contribution in [0.5, 0.6) is 0 Å². The van der Waals surface area contributed by atoms with Crippen LogP contribution in [-0.4, -0.2) is 40.6 Å². The van der Waals surface area contributed by atoms with Gasteiger partial charge >= 0.3 is 0 Å². The van der Waals surface area contributed by atoms with Gasteiger partial charge in [0.25, 0.3) is 0 Å². The van der Waals surface area contributed by atoms with Crippen LogP contribution in [0.4, 0.5) is 0 Å². The molecule has 1 saturated carbocycles. The van der Waals surface area contributed by atoms with Crippen molar-refractivity contribution in [1.82, 2.24) is 9.88 Å². The number of H-pyrrole nitrogens is 1. The number of likely N-dealkylation sites (tertiary alicyclic amines) is 1. The summed E-state index contributed by atoms with van der Waals surface area (Å²) in [5.41, 5.74) is 1.23. The van der Waals surface area contributed by atoms with Gasteiger partial charge < -0.3 is 9.88 Å². The number of para-hydroxylation sites is 1. The number of aromatic amines is 1. The van der Waals surface area contributed by atoms with E-state index in [1.807, 2.05) is 11.8 Å². The lowest BCUT2D eigenvalue weighted by Gasteiger charge is -2.26. The van der Waals surface area contributed by atoms with Crippen LogP contribution in [0.15, 0.2) is 40.4 Å². The van der Waals surface area contributed by atoms with E-state index in [4.69, 9.17) is 4.99 Å². The molecular formula is C19H25N3S. The molecule has 0 spiro atoms. The highest BCUT2D eigenvalue weighted by molar-refractivity contribution is 7.99. The Hall–Kier alpha value is -1.42. The molecule has 0 amide bonds. The largest absolute Gasteiger partial charge is 0.360 e. The molecule has 1 N–H and O–H groups in total. The fourth-order valence-corrected chi connectivity index (χ4v) is 4.83. The lowest BCUT2D eigenvalue weighted by molar-refractivity contribution is 0.338. The fourth-order valence-electron chi connectivity index (χ4n) is 3.95. The number of aromatic nitrogens is 1. The highest BCUT2D eigenvalue weighted by Gasteiger charge is 2.28. The first-order chi connectivity index (χ1) is 11.4. The summed E-state index contributed by atoms with van der Waals surface area (Å²) in [5, 5.41) is 1.33. The molecule has 4 rings (SSSR count). The van der Waals surface area contributed by atoms with Gasteiger partial charge in [-0.3, -0.25) is 4.99 Å². The minimum atomic E-state index is 0.789. The van der Waals surface area contributed by atoms with E-state index in [0.29, 0.717) is 0 Å². The normalized spacial score (nSPS) is 21.0. The number of benzene rings is 1. The van der Waals surface area contributed by atoms with Crippen LogP contribution in [-0.2, 0) is 0 Å². The molecule has 1 aromatic carbocycles. The third kappa shape index (κ3) is 3.27. The van der Waals surface area contributed by atoms with Crippen LogP contribution in [0.25, 0.3) is 10.9 Å². The van der Waals surface area contributed by atoms with Crippen molar-refractivity contribution in [3.8, 4) is 0 Å². The third-order valence-electron chi connectivity index (χ3n) is 5.09. The topological polar surface area (TPSA) is 31.4 Å². The second kappa shape index (κ2) is 7.00. The number of amidine groups is 1. The van der Waals surface area contributed by atoms with Crippen molar-refractivity contribution in [3.63, 3.8) is 0 Å². The van der Waals surface area contributed by atoms with E-state index in [2.05, 4.69) is 40.3 Å². The minimum absolute atomic E-state index is 0.789. The van der Waals surface area contributed by atoms with E-state index >= 15 is 0 Å². The number of fused-ring (bicyclic) bond motifs is 1. The average Bonchev–Trinajstić information content (AvgIpc) is 3.31. The molecule has 1 aliphatic carbocycles. The van der Waals surface area contributed by atoms with E-state index in [1.165, 1.54) is 66.7 Å². The maximum Gasteiger partial charge on any atom is 0.0992 e. The second-order valence-electron chi connectivity index (χ2n) is 6.58. The molecule has 0 atom stereocenters. The molecule has 3 nitrogen and oxygen atoms in total. The van der Waals surface area contributed by atoms with Crippen molar-refractivity contribution in [1.29, 1.82) is 0 Å². The van der Waals surface area contributed by atoms with Crippen LogP contribution in [0, 0.1) is 0 Å². The minimum Gasteiger partial charge on any atom is -0.360 e. The molecule has 4 heteroatoms. The van der Waals surface area contributed by atoms with Gasteiger partial charge in [0.1, 0.15) is 0 Å². The van der Waals surface area contributed by atoms with Gasteiger partial charge in [-0.05, 0) is 25.3 Å². The molecule has 23 heavy (non-hydrogen) atoms. The van der Waals surface area contributed by atoms with Gasteiger partial charge in [0.05, 0.1) is 12.4 Å². The molecule has 0 bridgehead atoms. The first-order valence-electron chi connectivity index (χ1n) is 8.91. The summed E-state index contributed by atoms with van der Waals surface area (Å²) in [4.78, 5) is 12.3. The molecule has 2 aromatic rings. The van der Waals surface area contributed by atoms with E-state index in [1.54, 1.807) is 0 Å². The molecule has 0 radical (unpaired) electrons. The lowest BCUT2D eigenvalue weighted by atomic mass is 10.2. The Bertz CT molecular complexity index is 685. The quantitative estimate of drug-likeness (QED) is 0.638. The molecule has 1 saturated heterocycles. The molecular weight excluding hydrogens is 302 g/mol. The zero-order valence-corrected chi connectivity index (χ0v) is 14.4.